The van der Waals surface area contributed by atoms with E-state index in [1.54, 1.807) is 32.3 Å². The molecule has 0 bridgehead atoms. The molecule has 37 heavy (non-hydrogen) atoms. The van der Waals surface area contributed by atoms with Crippen molar-refractivity contribution in [3.05, 3.63) is 52.5 Å². The summed E-state index contributed by atoms with van der Waals surface area (Å²) < 4.78 is 59.0. The summed E-state index contributed by atoms with van der Waals surface area (Å²) in [6.07, 6.45) is -1.07. The molecule has 2 aromatic rings. The molecule has 1 aliphatic heterocycles. The number of anilines is 1. The third-order valence-corrected chi connectivity index (χ3v) is 7.48. The SMILES string of the molecule is Cc1cccc(OCC(C[N+](C)(C)N2Cc3cc(Cl)c(NS(=O)O)cc3S(=O)(=O)N2)OC(=O)C(=O)O)c1. The number of hydrazine groups is 1. The summed E-state index contributed by atoms with van der Waals surface area (Å²) in [5.41, 5.74) is 1.19. The van der Waals surface area contributed by atoms with E-state index in [1.807, 2.05) is 13.0 Å². The van der Waals surface area contributed by atoms with Gasteiger partial charge < -0.3 is 14.6 Å². The minimum Gasteiger partial charge on any atom is -0.489 e. The number of fused-ring (bicyclic) bond motifs is 1. The number of halogens is 1. The van der Waals surface area contributed by atoms with E-state index in [0.717, 1.165) is 11.6 Å². The fourth-order valence-corrected chi connectivity index (χ4v) is 5.69. The molecule has 13 nitrogen and oxygen atoms in total. The molecule has 2 atom stereocenters. The van der Waals surface area contributed by atoms with Crippen LogP contribution in [-0.4, -0.2) is 77.3 Å². The number of ether oxygens (including phenoxy) is 2. The van der Waals surface area contributed by atoms with Crippen molar-refractivity contribution < 1.29 is 45.9 Å². The van der Waals surface area contributed by atoms with E-state index in [4.69, 9.17) is 30.7 Å². The number of quaternary nitrogens is 1. The highest BCUT2D eigenvalue weighted by molar-refractivity contribution is 7.89. The number of benzene rings is 2. The number of hydrogen-bond acceptors (Lipinski definition) is 8. The van der Waals surface area contributed by atoms with Crippen molar-refractivity contribution in [3.63, 3.8) is 0 Å². The quantitative estimate of drug-likeness (QED) is 0.147. The first-order valence-electron chi connectivity index (χ1n) is 10.6. The van der Waals surface area contributed by atoms with E-state index >= 15 is 0 Å². The second-order valence-electron chi connectivity index (χ2n) is 8.71. The number of likely N-dealkylation sites (N-methyl/N-ethyl adjacent to an activating group) is 1. The summed E-state index contributed by atoms with van der Waals surface area (Å²) in [6, 6.07) is 9.60. The maximum Gasteiger partial charge on any atom is 0.417 e. The Hall–Kier alpha value is -2.79. The van der Waals surface area contributed by atoms with Crippen molar-refractivity contribution in [1.82, 2.24) is 9.95 Å². The molecular weight excluding hydrogens is 552 g/mol. The second-order valence-corrected chi connectivity index (χ2v) is 11.4. The van der Waals surface area contributed by atoms with Gasteiger partial charge in [0.2, 0.25) is 0 Å². The number of carbonyl (C=O) groups excluding carboxylic acids is 1. The van der Waals surface area contributed by atoms with Crippen molar-refractivity contribution >= 4 is 50.5 Å². The largest absolute Gasteiger partial charge is 0.489 e. The number of nitrogens with zero attached hydrogens (tertiary/aromatic N) is 2. The van der Waals surface area contributed by atoms with E-state index in [9.17, 15) is 22.2 Å². The normalized spacial score (nSPS) is 16.8. The first-order chi connectivity index (χ1) is 17.2. The standard InChI is InChI=1S/C21H25ClN4O9S2/c1-13-5-4-6-15(7-13)34-12-16(35-21(29)20(27)28)11-26(2,3)25-10-14-8-17(22)18(23-36(30)31)9-19(14)37(32,33)24-25/h4-9,16,23-24H,10-12H2,1-3H3,(H-,27,28,30,31)/p+1. The van der Waals surface area contributed by atoms with Crippen LogP contribution in [0.2, 0.25) is 5.02 Å². The Bertz CT molecular complexity index is 1340. The lowest BCUT2D eigenvalue weighted by Gasteiger charge is -2.42. The maximum atomic E-state index is 13.0. The Kier molecular flexibility index (Phi) is 8.79. The summed E-state index contributed by atoms with van der Waals surface area (Å²) in [4.78, 5) is 25.2. The number of hydrogen-bond donors (Lipinski definition) is 4. The number of esters is 1. The van der Waals surface area contributed by atoms with E-state index < -0.39 is 39.3 Å². The van der Waals surface area contributed by atoms with E-state index in [2.05, 4.69) is 9.55 Å². The topological polar surface area (TPSA) is 172 Å². The zero-order chi connectivity index (χ0) is 27.5. The van der Waals surface area contributed by atoms with Crippen LogP contribution >= 0.6 is 11.6 Å². The Balaban J connectivity index is 1.84. The Labute approximate surface area is 220 Å². The van der Waals surface area contributed by atoms with Gasteiger partial charge in [-0.15, -0.1) is 0 Å². The molecule has 1 heterocycles. The molecule has 0 fully saturated rings. The lowest BCUT2D eigenvalue weighted by atomic mass is 10.2. The average Bonchev–Trinajstić information content (AvgIpc) is 2.77. The van der Waals surface area contributed by atoms with Gasteiger partial charge in [-0.3, -0.25) is 9.27 Å². The number of carboxylic acids is 1. The van der Waals surface area contributed by atoms with Gasteiger partial charge in [0.15, 0.2) is 6.10 Å². The van der Waals surface area contributed by atoms with Crippen LogP contribution < -0.4 is 14.3 Å². The Morgan fingerprint density at radius 2 is 2.00 bits per heavy atom. The molecule has 0 spiro atoms. The smallest absolute Gasteiger partial charge is 0.417 e. The van der Waals surface area contributed by atoms with Gasteiger partial charge in [-0.05, 0) is 42.3 Å². The van der Waals surface area contributed by atoms with Crippen molar-refractivity contribution in [3.8, 4) is 5.75 Å². The Morgan fingerprint density at radius 1 is 1.30 bits per heavy atom. The van der Waals surface area contributed by atoms with Crippen molar-refractivity contribution in [1.29, 1.82) is 0 Å². The lowest BCUT2D eigenvalue weighted by molar-refractivity contribution is -1.01. The molecule has 0 amide bonds. The van der Waals surface area contributed by atoms with Crippen LogP contribution in [-0.2, 0) is 42.2 Å². The van der Waals surface area contributed by atoms with Crippen LogP contribution in [0.5, 0.6) is 5.75 Å². The van der Waals surface area contributed by atoms with Gasteiger partial charge in [-0.25, -0.2) is 26.8 Å². The van der Waals surface area contributed by atoms with Crippen LogP contribution in [0, 0.1) is 6.92 Å². The second kappa shape index (κ2) is 11.3. The number of nitrogens with one attached hydrogen (secondary N) is 2. The van der Waals surface area contributed by atoms with Crippen molar-refractivity contribution in [2.75, 3.05) is 32.0 Å². The highest BCUT2D eigenvalue weighted by atomic mass is 35.5. The third kappa shape index (κ3) is 7.38. The molecule has 2 unspecified atom stereocenters. The van der Waals surface area contributed by atoms with Gasteiger partial charge in [0, 0.05) is 0 Å². The van der Waals surface area contributed by atoms with Crippen LogP contribution in [0.3, 0.4) is 0 Å². The zero-order valence-corrected chi connectivity index (χ0v) is 22.4. The molecule has 2 aromatic carbocycles. The fourth-order valence-electron chi connectivity index (χ4n) is 3.64. The van der Waals surface area contributed by atoms with Crippen molar-refractivity contribution in [2.24, 2.45) is 0 Å². The molecule has 0 saturated heterocycles. The minimum atomic E-state index is -4.13. The van der Waals surface area contributed by atoms with Crippen LogP contribution in [0.25, 0.3) is 0 Å². The highest BCUT2D eigenvalue weighted by Gasteiger charge is 2.40. The fraction of sp³-hybridized carbons (Fsp3) is 0.333. The average molecular weight is 578 g/mol. The molecule has 0 radical (unpaired) electrons. The van der Waals surface area contributed by atoms with Gasteiger partial charge in [-0.2, -0.15) is 0 Å². The maximum absolute atomic E-state index is 13.0. The molecule has 3 rings (SSSR count). The summed E-state index contributed by atoms with van der Waals surface area (Å²) in [6.45, 7) is 1.62. The van der Waals surface area contributed by atoms with Gasteiger partial charge in [0.25, 0.3) is 21.3 Å². The number of sulfonamides is 1. The summed E-state index contributed by atoms with van der Waals surface area (Å²) >= 11 is 3.70. The Morgan fingerprint density at radius 3 is 2.62 bits per heavy atom. The van der Waals surface area contributed by atoms with Crippen LogP contribution in [0.15, 0.2) is 41.3 Å². The van der Waals surface area contributed by atoms with Crippen molar-refractivity contribution in [2.45, 2.75) is 24.5 Å². The monoisotopic (exact) mass is 577 g/mol. The van der Waals surface area contributed by atoms with E-state index in [1.165, 1.54) is 11.2 Å². The first kappa shape index (κ1) is 28.8. The molecular formula is C21H26ClN4O9S2+. The summed E-state index contributed by atoms with van der Waals surface area (Å²) in [7, 11) is -0.895. The highest BCUT2D eigenvalue weighted by Crippen LogP contribution is 2.33. The third-order valence-electron chi connectivity index (χ3n) is 5.36. The first-order valence-corrected chi connectivity index (χ1v) is 13.6. The van der Waals surface area contributed by atoms with Crippen LogP contribution in [0.1, 0.15) is 11.1 Å². The van der Waals surface area contributed by atoms with Gasteiger partial charge in [-0.1, -0.05) is 33.7 Å². The zero-order valence-electron chi connectivity index (χ0n) is 20.0. The van der Waals surface area contributed by atoms with Gasteiger partial charge in [0.05, 0.1) is 36.2 Å². The summed E-state index contributed by atoms with van der Waals surface area (Å²) in [5, 5.41) is 10.4. The predicted octanol–water partition coefficient (Wildman–Crippen LogP) is 1.27. The van der Waals surface area contributed by atoms with Gasteiger partial charge >= 0.3 is 11.9 Å². The number of carbonyl (C=O) groups is 2. The number of aryl methyl sites for hydroxylation is 1. The molecule has 202 valence electrons. The minimum absolute atomic E-state index is 0.0160. The predicted molar refractivity (Wildman–Crippen MR) is 133 cm³/mol. The molecule has 1 aliphatic rings. The molecule has 4 N–H and O–H groups in total. The van der Waals surface area contributed by atoms with Crippen LogP contribution in [0.4, 0.5) is 5.69 Å². The number of carboxylic acid groups (broad SMARTS) is 1. The number of rotatable bonds is 9. The number of aliphatic carboxylic acids is 1. The summed E-state index contributed by atoms with van der Waals surface area (Å²) in [5.74, 6) is -2.77. The lowest BCUT2D eigenvalue weighted by Crippen LogP contribution is -2.65. The molecule has 0 aromatic heterocycles. The molecule has 0 aliphatic carbocycles. The molecule has 16 heteroatoms. The van der Waals surface area contributed by atoms with Gasteiger partial charge in [0.1, 0.15) is 18.9 Å². The van der Waals surface area contributed by atoms with E-state index in [-0.39, 0.29) is 39.9 Å². The molecule has 0 saturated carbocycles. The van der Waals surface area contributed by atoms with E-state index in [0.29, 0.717) is 11.3 Å².